The average Bonchev–Trinajstić information content (AvgIpc) is 2.97. The van der Waals surface area contributed by atoms with Gasteiger partial charge in [-0.15, -0.1) is 0 Å². The molecule has 0 bridgehead atoms. The molecule has 0 unspecified atom stereocenters. The number of halogens is 1. The number of ketones is 1. The van der Waals surface area contributed by atoms with Crippen molar-refractivity contribution in [3.05, 3.63) is 64.2 Å². The number of nitrogens with zero attached hydrogens (tertiary/aromatic N) is 2. The third-order valence-electron chi connectivity index (χ3n) is 4.65. The summed E-state index contributed by atoms with van der Waals surface area (Å²) in [4.78, 5) is 24.2. The van der Waals surface area contributed by atoms with Crippen molar-refractivity contribution in [2.75, 3.05) is 6.61 Å². The molecule has 0 amide bonds. The number of hydrogen-bond donors (Lipinski definition) is 0. The molecule has 5 nitrogen and oxygen atoms in total. The van der Waals surface area contributed by atoms with Crippen molar-refractivity contribution in [1.82, 2.24) is 4.57 Å². The molecule has 1 heterocycles. The van der Waals surface area contributed by atoms with Crippen LogP contribution in [0.25, 0.3) is 6.08 Å². The van der Waals surface area contributed by atoms with Gasteiger partial charge in [-0.25, -0.2) is 9.18 Å². The third-order valence-corrected chi connectivity index (χ3v) is 4.65. The van der Waals surface area contributed by atoms with Gasteiger partial charge in [-0.05, 0) is 68.7 Å². The van der Waals surface area contributed by atoms with E-state index >= 15 is 0 Å². The molecule has 2 aromatic rings. The Bertz CT molecular complexity index is 950. The zero-order valence-corrected chi connectivity index (χ0v) is 17.0. The minimum Gasteiger partial charge on any atom is -0.462 e. The smallest absolute Gasteiger partial charge is 0.348 e. The fraction of sp³-hybridized carbons (Fsp3) is 0.348. The van der Waals surface area contributed by atoms with Crippen molar-refractivity contribution in [3.8, 4) is 6.07 Å². The maximum Gasteiger partial charge on any atom is 0.348 e. The van der Waals surface area contributed by atoms with Crippen molar-refractivity contribution in [1.29, 1.82) is 5.26 Å². The largest absolute Gasteiger partial charge is 0.462 e. The van der Waals surface area contributed by atoms with Gasteiger partial charge in [-0.1, -0.05) is 6.92 Å². The maximum absolute atomic E-state index is 12.9. The Morgan fingerprint density at radius 1 is 1.24 bits per heavy atom. The lowest BCUT2D eigenvalue weighted by atomic mass is 10.1. The van der Waals surface area contributed by atoms with E-state index in [1.807, 2.05) is 26.0 Å². The van der Waals surface area contributed by atoms with Crippen LogP contribution in [0.4, 0.5) is 4.39 Å². The molecule has 1 aromatic carbocycles. The number of aryl methyl sites for hydroxylation is 1. The molecule has 0 saturated heterocycles. The van der Waals surface area contributed by atoms with E-state index in [1.54, 1.807) is 6.08 Å². The molecule has 0 N–H and O–H groups in total. The topological polar surface area (TPSA) is 72.1 Å². The van der Waals surface area contributed by atoms with Gasteiger partial charge >= 0.3 is 5.97 Å². The summed E-state index contributed by atoms with van der Waals surface area (Å²) in [5, 5.41) is 9.33. The van der Waals surface area contributed by atoms with Crippen LogP contribution in [0.5, 0.6) is 0 Å². The highest BCUT2D eigenvalue weighted by atomic mass is 19.1. The van der Waals surface area contributed by atoms with Gasteiger partial charge in [-0.2, -0.15) is 5.26 Å². The van der Waals surface area contributed by atoms with E-state index < -0.39 is 11.8 Å². The van der Waals surface area contributed by atoms with Crippen molar-refractivity contribution in [3.63, 3.8) is 0 Å². The molecule has 0 radical (unpaired) electrons. The Kier molecular flexibility index (Phi) is 7.90. The zero-order valence-electron chi connectivity index (χ0n) is 17.0. The van der Waals surface area contributed by atoms with E-state index in [1.165, 1.54) is 24.3 Å². The van der Waals surface area contributed by atoms with Crippen LogP contribution in [0.15, 0.2) is 35.9 Å². The minimum absolute atomic E-state index is 0.0274. The first-order valence-electron chi connectivity index (χ1n) is 9.61. The molecular formula is C23H25FN2O3. The number of ether oxygens (including phenoxy) is 1. The van der Waals surface area contributed by atoms with Crippen LogP contribution in [0.2, 0.25) is 0 Å². The summed E-state index contributed by atoms with van der Waals surface area (Å²) >= 11 is 0. The van der Waals surface area contributed by atoms with Crippen molar-refractivity contribution >= 4 is 17.8 Å². The van der Waals surface area contributed by atoms with E-state index in [2.05, 4.69) is 11.5 Å². The lowest BCUT2D eigenvalue weighted by molar-refractivity contribution is -0.138. The highest BCUT2D eigenvalue weighted by Crippen LogP contribution is 2.19. The first-order chi connectivity index (χ1) is 13.9. The lowest BCUT2D eigenvalue weighted by Crippen LogP contribution is -2.09. The van der Waals surface area contributed by atoms with E-state index in [4.69, 9.17) is 4.74 Å². The van der Waals surface area contributed by atoms with Crippen molar-refractivity contribution in [2.45, 2.75) is 46.6 Å². The SMILES string of the molecule is CCCn1c(C)cc(/C=C(\C#N)C(=O)OCCCC(=O)c2ccc(F)cc2)c1C. The van der Waals surface area contributed by atoms with E-state index in [9.17, 15) is 19.2 Å². The van der Waals surface area contributed by atoms with Gasteiger partial charge in [0.25, 0.3) is 0 Å². The second-order valence-corrected chi connectivity index (χ2v) is 6.82. The highest BCUT2D eigenvalue weighted by Gasteiger charge is 2.14. The summed E-state index contributed by atoms with van der Waals surface area (Å²) in [6.45, 7) is 6.94. The minimum atomic E-state index is -0.706. The van der Waals surface area contributed by atoms with E-state index in [-0.39, 0.29) is 24.4 Å². The van der Waals surface area contributed by atoms with Gasteiger partial charge in [0.15, 0.2) is 5.78 Å². The second-order valence-electron chi connectivity index (χ2n) is 6.82. The summed E-state index contributed by atoms with van der Waals surface area (Å²) in [6, 6.07) is 9.15. The molecule has 152 valence electrons. The summed E-state index contributed by atoms with van der Waals surface area (Å²) < 4.78 is 20.2. The molecule has 0 atom stereocenters. The van der Waals surface area contributed by atoms with Crippen LogP contribution in [-0.2, 0) is 16.1 Å². The van der Waals surface area contributed by atoms with E-state index in [0.717, 1.165) is 29.9 Å². The van der Waals surface area contributed by atoms with Crippen LogP contribution >= 0.6 is 0 Å². The van der Waals surface area contributed by atoms with Crippen LogP contribution in [0.1, 0.15) is 53.5 Å². The Labute approximate surface area is 170 Å². The first kappa shape index (κ1) is 22.1. The van der Waals surface area contributed by atoms with Crippen molar-refractivity contribution < 1.29 is 18.7 Å². The average molecular weight is 396 g/mol. The standard InChI is InChI=1S/C23H25FN2O3/c1-4-11-26-16(2)13-19(17(26)3)14-20(15-25)23(28)29-12-5-6-22(27)18-7-9-21(24)10-8-18/h7-10,13-14H,4-6,11-12H2,1-3H3/b20-14+. The maximum atomic E-state index is 12.9. The monoisotopic (exact) mass is 396 g/mol. The number of Topliss-reactive ketones (excluding diaryl/α,β-unsaturated/α-hetero) is 1. The predicted octanol–water partition coefficient (Wildman–Crippen LogP) is 4.77. The van der Waals surface area contributed by atoms with Crippen LogP contribution in [-0.4, -0.2) is 22.9 Å². The number of rotatable bonds is 9. The normalized spacial score (nSPS) is 11.2. The molecule has 2 rings (SSSR count). The molecule has 0 aliphatic rings. The van der Waals surface area contributed by atoms with E-state index in [0.29, 0.717) is 12.0 Å². The van der Waals surface area contributed by atoms with Crippen LogP contribution in [0.3, 0.4) is 0 Å². The van der Waals surface area contributed by atoms with Gasteiger partial charge in [0, 0.05) is 29.9 Å². The molecule has 6 heteroatoms. The van der Waals surface area contributed by atoms with Crippen LogP contribution in [0, 0.1) is 31.0 Å². The van der Waals surface area contributed by atoms with Crippen LogP contribution < -0.4 is 0 Å². The predicted molar refractivity (Wildman–Crippen MR) is 109 cm³/mol. The lowest BCUT2D eigenvalue weighted by Gasteiger charge is -2.07. The summed E-state index contributed by atoms with van der Waals surface area (Å²) in [5.74, 6) is -1.26. The molecule has 0 spiro atoms. The summed E-state index contributed by atoms with van der Waals surface area (Å²) in [6.07, 6.45) is 3.03. The van der Waals surface area contributed by atoms with Gasteiger partial charge < -0.3 is 9.30 Å². The third kappa shape index (κ3) is 5.89. The van der Waals surface area contributed by atoms with Crippen molar-refractivity contribution in [2.24, 2.45) is 0 Å². The first-order valence-corrected chi connectivity index (χ1v) is 9.61. The van der Waals surface area contributed by atoms with Gasteiger partial charge in [0.2, 0.25) is 0 Å². The number of carbonyl (C=O) groups excluding carboxylic acids is 2. The number of nitriles is 1. The molecule has 0 saturated carbocycles. The Hall–Kier alpha value is -3.20. The van der Waals surface area contributed by atoms with Gasteiger partial charge in [0.05, 0.1) is 6.61 Å². The number of carbonyl (C=O) groups is 2. The molecular weight excluding hydrogens is 371 g/mol. The number of esters is 1. The molecule has 1 aromatic heterocycles. The Morgan fingerprint density at radius 3 is 2.55 bits per heavy atom. The Balaban J connectivity index is 1.92. The second kappa shape index (κ2) is 10.4. The summed E-state index contributed by atoms with van der Waals surface area (Å²) in [7, 11) is 0. The number of aromatic nitrogens is 1. The highest BCUT2D eigenvalue weighted by molar-refractivity contribution is 5.98. The molecule has 0 aliphatic carbocycles. The molecule has 29 heavy (non-hydrogen) atoms. The quantitative estimate of drug-likeness (QED) is 0.201. The fourth-order valence-corrected chi connectivity index (χ4v) is 3.09. The molecule has 0 fully saturated rings. The molecule has 0 aliphatic heterocycles. The number of hydrogen-bond acceptors (Lipinski definition) is 4. The number of benzene rings is 1. The fourth-order valence-electron chi connectivity index (χ4n) is 3.09. The van der Waals surface area contributed by atoms with Gasteiger partial charge in [-0.3, -0.25) is 4.79 Å². The zero-order chi connectivity index (χ0) is 21.4. The Morgan fingerprint density at radius 2 is 1.93 bits per heavy atom. The van der Waals surface area contributed by atoms with Gasteiger partial charge in [0.1, 0.15) is 17.5 Å². The summed E-state index contributed by atoms with van der Waals surface area (Å²) in [5.41, 5.74) is 3.22.